The largest absolute Gasteiger partial charge is 0.350 e. The molecular formula is C19H29N3O2. The number of benzene rings is 1. The molecule has 0 bridgehead atoms. The normalized spacial score (nSPS) is 17.8. The number of nitrogens with two attached hydrogens (primary N) is 1. The van der Waals surface area contributed by atoms with Gasteiger partial charge in [0, 0.05) is 18.2 Å². The van der Waals surface area contributed by atoms with E-state index in [-0.39, 0.29) is 17.9 Å². The van der Waals surface area contributed by atoms with Crippen LogP contribution < -0.4 is 16.4 Å². The van der Waals surface area contributed by atoms with Crippen molar-refractivity contribution in [2.45, 2.75) is 70.5 Å². The first-order valence-electron chi connectivity index (χ1n) is 8.91. The van der Waals surface area contributed by atoms with E-state index < -0.39 is 5.54 Å². The van der Waals surface area contributed by atoms with Gasteiger partial charge in [-0.1, -0.05) is 38.3 Å². The van der Waals surface area contributed by atoms with Crippen molar-refractivity contribution < 1.29 is 9.59 Å². The molecule has 5 nitrogen and oxygen atoms in total. The van der Waals surface area contributed by atoms with Gasteiger partial charge in [0.05, 0.1) is 5.54 Å². The lowest BCUT2D eigenvalue weighted by Gasteiger charge is -2.31. The molecule has 1 saturated carbocycles. The third kappa shape index (κ3) is 4.81. The molecule has 0 spiro atoms. The highest BCUT2D eigenvalue weighted by atomic mass is 16.2. The summed E-state index contributed by atoms with van der Waals surface area (Å²) in [7, 11) is 0. The molecule has 4 N–H and O–H groups in total. The monoisotopic (exact) mass is 331 g/mol. The number of amides is 2. The maximum Gasteiger partial charge on any atom is 0.251 e. The maximum absolute atomic E-state index is 12.4. The van der Waals surface area contributed by atoms with Crippen LogP contribution in [0.1, 0.15) is 68.3 Å². The number of hydrogen-bond donors (Lipinski definition) is 3. The molecule has 2 amide bonds. The summed E-state index contributed by atoms with van der Waals surface area (Å²) in [5, 5.41) is 5.88. The Morgan fingerprint density at radius 3 is 2.62 bits per heavy atom. The Labute approximate surface area is 144 Å². The minimum atomic E-state index is -0.732. The van der Waals surface area contributed by atoms with Gasteiger partial charge in [0.2, 0.25) is 5.91 Å². The molecule has 0 radical (unpaired) electrons. The Kier molecular flexibility index (Phi) is 6.37. The first-order valence-corrected chi connectivity index (χ1v) is 8.91. The molecule has 132 valence electrons. The topological polar surface area (TPSA) is 84.2 Å². The minimum Gasteiger partial charge on any atom is -0.350 e. The molecule has 0 saturated heterocycles. The predicted molar refractivity (Wildman–Crippen MR) is 95.5 cm³/mol. The lowest BCUT2D eigenvalue weighted by Crippen LogP contribution is -2.54. The third-order valence-corrected chi connectivity index (χ3v) is 4.83. The highest BCUT2D eigenvalue weighted by Crippen LogP contribution is 2.26. The summed E-state index contributed by atoms with van der Waals surface area (Å²) >= 11 is 0. The maximum atomic E-state index is 12.4. The second-order valence-electron chi connectivity index (χ2n) is 6.88. The van der Waals surface area contributed by atoms with Gasteiger partial charge in [0.25, 0.3) is 5.91 Å². The SMILES string of the molecule is CCC(C)NC(=O)c1cccc(CNC(=O)C2(N)CCCCC2)c1. The Balaban J connectivity index is 1.94. The van der Waals surface area contributed by atoms with Crippen LogP contribution in [-0.4, -0.2) is 23.4 Å². The summed E-state index contributed by atoms with van der Waals surface area (Å²) < 4.78 is 0. The second-order valence-corrected chi connectivity index (χ2v) is 6.88. The molecule has 1 fully saturated rings. The molecular weight excluding hydrogens is 302 g/mol. The van der Waals surface area contributed by atoms with Gasteiger partial charge in [-0.3, -0.25) is 9.59 Å². The number of hydrogen-bond acceptors (Lipinski definition) is 3. The van der Waals surface area contributed by atoms with E-state index >= 15 is 0 Å². The smallest absolute Gasteiger partial charge is 0.251 e. The molecule has 2 rings (SSSR count). The van der Waals surface area contributed by atoms with Gasteiger partial charge in [0.1, 0.15) is 0 Å². The number of carbonyl (C=O) groups excluding carboxylic acids is 2. The zero-order chi connectivity index (χ0) is 17.6. The van der Waals surface area contributed by atoms with Crippen LogP contribution >= 0.6 is 0 Å². The van der Waals surface area contributed by atoms with Crippen molar-refractivity contribution in [3.05, 3.63) is 35.4 Å². The Bertz CT molecular complexity index is 580. The van der Waals surface area contributed by atoms with Crippen LogP contribution in [0.2, 0.25) is 0 Å². The molecule has 1 unspecified atom stereocenters. The standard InChI is InChI=1S/C19H29N3O2/c1-3-14(2)22-17(23)16-9-7-8-15(12-16)13-21-18(24)19(20)10-5-4-6-11-19/h7-9,12,14H,3-6,10-11,13,20H2,1-2H3,(H,21,24)(H,22,23). The van der Waals surface area contributed by atoms with Crippen LogP contribution in [0.5, 0.6) is 0 Å². The quantitative estimate of drug-likeness (QED) is 0.749. The third-order valence-electron chi connectivity index (χ3n) is 4.83. The average Bonchev–Trinajstić information content (AvgIpc) is 2.60. The molecule has 0 aliphatic heterocycles. The summed E-state index contributed by atoms with van der Waals surface area (Å²) in [5.74, 6) is -0.170. The highest BCUT2D eigenvalue weighted by molar-refractivity contribution is 5.94. The predicted octanol–water partition coefficient (Wildman–Crippen LogP) is 2.49. The van der Waals surface area contributed by atoms with Gasteiger partial charge in [-0.15, -0.1) is 0 Å². The zero-order valence-corrected chi connectivity index (χ0v) is 14.7. The Morgan fingerprint density at radius 2 is 1.96 bits per heavy atom. The molecule has 5 heteroatoms. The van der Waals surface area contributed by atoms with Crippen molar-refractivity contribution in [1.82, 2.24) is 10.6 Å². The molecule has 1 aliphatic rings. The first kappa shape index (κ1) is 18.5. The van der Waals surface area contributed by atoms with Crippen LogP contribution in [0.25, 0.3) is 0 Å². The fourth-order valence-corrected chi connectivity index (χ4v) is 3.00. The number of rotatable bonds is 6. The molecule has 0 aromatic heterocycles. The van der Waals surface area contributed by atoms with Gasteiger partial charge in [-0.05, 0) is 43.9 Å². The van der Waals surface area contributed by atoms with Crippen molar-refractivity contribution in [1.29, 1.82) is 0 Å². The molecule has 1 atom stereocenters. The molecule has 1 aromatic rings. The van der Waals surface area contributed by atoms with E-state index in [9.17, 15) is 9.59 Å². The minimum absolute atomic E-state index is 0.0832. The molecule has 0 heterocycles. The van der Waals surface area contributed by atoms with Crippen molar-refractivity contribution in [2.24, 2.45) is 5.73 Å². The van der Waals surface area contributed by atoms with Gasteiger partial charge in [-0.2, -0.15) is 0 Å². The van der Waals surface area contributed by atoms with Gasteiger partial charge >= 0.3 is 0 Å². The van der Waals surface area contributed by atoms with Gasteiger partial charge in [0.15, 0.2) is 0 Å². The molecule has 24 heavy (non-hydrogen) atoms. The summed E-state index contributed by atoms with van der Waals surface area (Å²) in [4.78, 5) is 24.6. The summed E-state index contributed by atoms with van der Waals surface area (Å²) in [5.41, 5.74) is 7.02. The van der Waals surface area contributed by atoms with Crippen LogP contribution in [0.3, 0.4) is 0 Å². The Hall–Kier alpha value is -1.88. The van der Waals surface area contributed by atoms with E-state index in [1.54, 1.807) is 6.07 Å². The summed E-state index contributed by atoms with van der Waals surface area (Å²) in [6.07, 6.45) is 5.55. The van der Waals surface area contributed by atoms with Gasteiger partial charge in [-0.25, -0.2) is 0 Å². The van der Waals surface area contributed by atoms with Crippen molar-refractivity contribution in [2.75, 3.05) is 0 Å². The van der Waals surface area contributed by atoms with Gasteiger partial charge < -0.3 is 16.4 Å². The van der Waals surface area contributed by atoms with E-state index in [1.165, 1.54) is 0 Å². The van der Waals surface area contributed by atoms with E-state index in [1.807, 2.05) is 32.0 Å². The first-order chi connectivity index (χ1) is 11.4. The fraction of sp³-hybridized carbons (Fsp3) is 0.579. The van der Waals surface area contributed by atoms with Crippen LogP contribution in [0.4, 0.5) is 0 Å². The molecule has 1 aromatic carbocycles. The van der Waals surface area contributed by atoms with E-state index in [0.717, 1.165) is 44.1 Å². The van der Waals surface area contributed by atoms with Crippen molar-refractivity contribution in [3.63, 3.8) is 0 Å². The van der Waals surface area contributed by atoms with Crippen LogP contribution in [0, 0.1) is 0 Å². The lowest BCUT2D eigenvalue weighted by molar-refractivity contribution is -0.127. The zero-order valence-electron chi connectivity index (χ0n) is 14.7. The van der Waals surface area contributed by atoms with Crippen LogP contribution in [-0.2, 0) is 11.3 Å². The van der Waals surface area contributed by atoms with Crippen LogP contribution in [0.15, 0.2) is 24.3 Å². The average molecular weight is 331 g/mol. The number of nitrogens with one attached hydrogen (secondary N) is 2. The highest BCUT2D eigenvalue weighted by Gasteiger charge is 2.34. The fourth-order valence-electron chi connectivity index (χ4n) is 3.00. The van der Waals surface area contributed by atoms with E-state index in [0.29, 0.717) is 12.1 Å². The second kappa shape index (κ2) is 8.29. The van der Waals surface area contributed by atoms with Crippen molar-refractivity contribution >= 4 is 11.8 Å². The number of carbonyl (C=O) groups is 2. The summed E-state index contributed by atoms with van der Waals surface area (Å²) in [6, 6.07) is 7.50. The summed E-state index contributed by atoms with van der Waals surface area (Å²) in [6.45, 7) is 4.40. The Morgan fingerprint density at radius 1 is 1.25 bits per heavy atom. The van der Waals surface area contributed by atoms with E-state index in [4.69, 9.17) is 5.73 Å². The molecule has 1 aliphatic carbocycles. The van der Waals surface area contributed by atoms with Crippen molar-refractivity contribution in [3.8, 4) is 0 Å². The van der Waals surface area contributed by atoms with E-state index in [2.05, 4.69) is 10.6 Å². The lowest BCUT2D eigenvalue weighted by atomic mass is 9.82.